The molecule has 0 saturated carbocycles. The van der Waals surface area contributed by atoms with Crippen LogP contribution in [0.2, 0.25) is 0 Å². The first kappa shape index (κ1) is 22.3. The lowest BCUT2D eigenvalue weighted by Crippen LogP contribution is -2.31. The van der Waals surface area contributed by atoms with Crippen molar-refractivity contribution in [3.63, 3.8) is 0 Å². The fourth-order valence-electron chi connectivity index (χ4n) is 3.56. The number of carbonyl (C=O) groups is 2. The lowest BCUT2D eigenvalue weighted by Gasteiger charge is -2.15. The number of amidine groups is 1. The van der Waals surface area contributed by atoms with Crippen molar-refractivity contribution in [1.82, 2.24) is 0 Å². The summed E-state index contributed by atoms with van der Waals surface area (Å²) in [7, 11) is 0. The van der Waals surface area contributed by atoms with Crippen LogP contribution >= 0.6 is 11.8 Å². The van der Waals surface area contributed by atoms with Gasteiger partial charge >= 0.3 is 0 Å². The molecule has 1 heterocycles. The topological polar surface area (TPSA) is 118 Å². The molecule has 0 radical (unpaired) electrons. The molecule has 168 valence electrons. The van der Waals surface area contributed by atoms with E-state index in [1.165, 1.54) is 6.21 Å². The summed E-state index contributed by atoms with van der Waals surface area (Å²) >= 11 is 0.986. The number of aromatic hydroxyl groups is 1. The molecule has 1 aliphatic heterocycles. The summed E-state index contributed by atoms with van der Waals surface area (Å²) in [5.74, 6) is 0.0702. The highest BCUT2D eigenvalue weighted by Gasteiger charge is 2.40. The predicted octanol–water partition coefficient (Wildman–Crippen LogP) is 3.66. The predicted molar refractivity (Wildman–Crippen MR) is 131 cm³/mol. The van der Waals surface area contributed by atoms with E-state index in [4.69, 9.17) is 10.5 Å². The van der Waals surface area contributed by atoms with Crippen LogP contribution in [0.5, 0.6) is 11.5 Å². The number of amides is 2. The van der Waals surface area contributed by atoms with Crippen molar-refractivity contribution in [2.24, 2.45) is 15.9 Å². The highest BCUT2D eigenvalue weighted by Crippen LogP contribution is 2.31. The Balaban J connectivity index is 1.45. The van der Waals surface area contributed by atoms with E-state index < -0.39 is 5.25 Å². The summed E-state index contributed by atoms with van der Waals surface area (Å²) in [6, 6.07) is 17.8. The first-order chi connectivity index (χ1) is 16.0. The normalized spacial score (nSPS) is 16.8. The molecule has 0 aromatic heterocycles. The van der Waals surface area contributed by atoms with Crippen molar-refractivity contribution < 1.29 is 19.4 Å². The summed E-state index contributed by atoms with van der Waals surface area (Å²) < 4.78 is 5.40. The lowest BCUT2D eigenvalue weighted by molar-refractivity contribution is -0.121. The standard InChI is InChI=1S/C24H22N4O4S/c1-2-32-17-10-8-16(9-11-17)28-22(30)13-21(23(28)31)33-24(25)27-26-14-19-18-6-4-3-5-15(18)7-12-20(19)29/h3-12,14,21,29H,2,13H2,1H3,(H2,25,27)/b26-14-/t21-/m1/s1. The molecule has 33 heavy (non-hydrogen) atoms. The maximum Gasteiger partial charge on any atom is 0.247 e. The smallest absolute Gasteiger partial charge is 0.247 e. The van der Waals surface area contributed by atoms with Crippen molar-refractivity contribution in [1.29, 1.82) is 0 Å². The molecule has 1 fully saturated rings. The number of anilines is 1. The number of thioether (sulfide) groups is 1. The van der Waals surface area contributed by atoms with Gasteiger partial charge in [0.05, 0.1) is 18.5 Å². The quantitative estimate of drug-likeness (QED) is 0.250. The van der Waals surface area contributed by atoms with Crippen LogP contribution in [-0.4, -0.2) is 40.2 Å². The third-order valence-corrected chi connectivity index (χ3v) is 6.04. The maximum absolute atomic E-state index is 12.8. The summed E-state index contributed by atoms with van der Waals surface area (Å²) in [5, 5.41) is 19.2. The van der Waals surface area contributed by atoms with Gasteiger partial charge in [-0.15, -0.1) is 5.10 Å². The number of nitrogens with zero attached hydrogens (tertiary/aromatic N) is 3. The Morgan fingerprint density at radius 1 is 1.18 bits per heavy atom. The van der Waals surface area contributed by atoms with Crippen molar-refractivity contribution >= 4 is 51.4 Å². The monoisotopic (exact) mass is 462 g/mol. The molecule has 2 amide bonds. The first-order valence-electron chi connectivity index (χ1n) is 10.3. The van der Waals surface area contributed by atoms with Crippen LogP contribution in [0.3, 0.4) is 0 Å². The molecule has 1 saturated heterocycles. The van der Waals surface area contributed by atoms with Gasteiger partial charge in [-0.2, -0.15) is 5.10 Å². The Hall–Kier alpha value is -3.85. The minimum absolute atomic E-state index is 0.0146. The van der Waals surface area contributed by atoms with Crippen LogP contribution < -0.4 is 15.4 Å². The Bertz CT molecular complexity index is 1260. The minimum Gasteiger partial charge on any atom is -0.507 e. The van der Waals surface area contributed by atoms with Crippen molar-refractivity contribution in [2.45, 2.75) is 18.6 Å². The summed E-state index contributed by atoms with van der Waals surface area (Å²) in [5.41, 5.74) is 6.95. The van der Waals surface area contributed by atoms with Crippen molar-refractivity contribution in [2.75, 3.05) is 11.5 Å². The average Bonchev–Trinajstić information content (AvgIpc) is 3.08. The maximum atomic E-state index is 12.8. The molecule has 3 aromatic rings. The molecular formula is C24H22N4O4S. The third kappa shape index (κ3) is 4.83. The highest BCUT2D eigenvalue weighted by molar-refractivity contribution is 8.14. The largest absolute Gasteiger partial charge is 0.507 e. The molecule has 0 spiro atoms. The van der Waals surface area contributed by atoms with E-state index in [9.17, 15) is 14.7 Å². The Kier molecular flexibility index (Phi) is 6.60. The molecule has 1 aliphatic rings. The molecule has 1 atom stereocenters. The number of benzene rings is 3. The second-order valence-electron chi connectivity index (χ2n) is 7.21. The second kappa shape index (κ2) is 9.74. The van der Waals surface area contributed by atoms with Crippen LogP contribution in [0.1, 0.15) is 18.9 Å². The number of rotatable bonds is 6. The van der Waals surface area contributed by atoms with Crippen molar-refractivity contribution in [3.8, 4) is 11.5 Å². The van der Waals surface area contributed by atoms with E-state index in [2.05, 4.69) is 10.2 Å². The zero-order valence-corrected chi connectivity index (χ0v) is 18.7. The number of phenols is 1. The fraction of sp³-hybridized carbons (Fsp3) is 0.167. The summed E-state index contributed by atoms with van der Waals surface area (Å²) in [6.07, 6.45) is 1.43. The van der Waals surface area contributed by atoms with E-state index in [0.29, 0.717) is 23.6 Å². The number of carbonyl (C=O) groups excluding carboxylic acids is 2. The zero-order chi connectivity index (χ0) is 23.4. The van der Waals surface area contributed by atoms with Gasteiger partial charge in [-0.05, 0) is 48.0 Å². The summed E-state index contributed by atoms with van der Waals surface area (Å²) in [6.45, 7) is 2.41. The Morgan fingerprint density at radius 3 is 2.70 bits per heavy atom. The fourth-order valence-corrected chi connectivity index (χ4v) is 4.38. The van der Waals surface area contributed by atoms with Crippen LogP contribution in [-0.2, 0) is 9.59 Å². The van der Waals surface area contributed by atoms with Crippen LogP contribution in [0, 0.1) is 0 Å². The number of imide groups is 1. The molecular weight excluding hydrogens is 440 g/mol. The first-order valence-corrected chi connectivity index (χ1v) is 11.2. The van der Waals surface area contributed by atoms with Crippen molar-refractivity contribution in [3.05, 3.63) is 66.2 Å². The highest BCUT2D eigenvalue weighted by atomic mass is 32.2. The van der Waals surface area contributed by atoms with E-state index in [1.54, 1.807) is 30.3 Å². The van der Waals surface area contributed by atoms with Gasteiger partial charge in [0, 0.05) is 12.0 Å². The number of phenolic OH excluding ortho intramolecular Hbond substituents is 1. The number of fused-ring (bicyclic) bond motifs is 1. The zero-order valence-electron chi connectivity index (χ0n) is 17.8. The van der Waals surface area contributed by atoms with E-state index in [1.807, 2.05) is 37.3 Å². The van der Waals surface area contributed by atoms with E-state index in [-0.39, 0.29) is 29.2 Å². The molecule has 8 nitrogen and oxygen atoms in total. The molecule has 3 N–H and O–H groups in total. The second-order valence-corrected chi connectivity index (χ2v) is 8.43. The van der Waals surface area contributed by atoms with Crippen LogP contribution in [0.4, 0.5) is 5.69 Å². The molecule has 4 rings (SSSR count). The van der Waals surface area contributed by atoms with Gasteiger partial charge < -0.3 is 15.6 Å². The molecule has 0 aliphatic carbocycles. The minimum atomic E-state index is -0.686. The van der Waals surface area contributed by atoms with Crippen LogP contribution in [0.15, 0.2) is 70.9 Å². The molecule has 9 heteroatoms. The lowest BCUT2D eigenvalue weighted by atomic mass is 10.0. The molecule has 0 bridgehead atoms. The van der Waals surface area contributed by atoms with Gasteiger partial charge in [0.2, 0.25) is 11.8 Å². The SMILES string of the molecule is CCOc1ccc(N2C(=O)C[C@@H](SC(N)=N/N=C\c3c(O)ccc4ccccc34)C2=O)cc1. The van der Waals surface area contributed by atoms with Gasteiger partial charge in [0.25, 0.3) is 0 Å². The van der Waals surface area contributed by atoms with Gasteiger partial charge in [-0.3, -0.25) is 9.59 Å². The van der Waals surface area contributed by atoms with Gasteiger partial charge in [-0.25, -0.2) is 4.90 Å². The van der Waals surface area contributed by atoms with E-state index >= 15 is 0 Å². The number of nitrogens with two attached hydrogens (primary N) is 1. The summed E-state index contributed by atoms with van der Waals surface area (Å²) in [4.78, 5) is 26.4. The van der Waals surface area contributed by atoms with Gasteiger partial charge in [0.1, 0.15) is 16.7 Å². The Morgan fingerprint density at radius 2 is 1.94 bits per heavy atom. The number of hydrogen-bond acceptors (Lipinski definition) is 7. The molecule has 0 unspecified atom stereocenters. The number of ether oxygens (including phenoxy) is 1. The average molecular weight is 463 g/mol. The van der Waals surface area contributed by atoms with Gasteiger partial charge in [-0.1, -0.05) is 42.1 Å². The molecule has 3 aromatic carbocycles. The number of hydrogen-bond donors (Lipinski definition) is 2. The third-order valence-electron chi connectivity index (χ3n) is 5.06. The Labute approximate surface area is 194 Å². The van der Waals surface area contributed by atoms with Gasteiger partial charge in [0.15, 0.2) is 5.17 Å². The van der Waals surface area contributed by atoms with E-state index in [0.717, 1.165) is 27.4 Å². The van der Waals surface area contributed by atoms with Crippen LogP contribution in [0.25, 0.3) is 10.8 Å².